The van der Waals surface area contributed by atoms with Crippen LogP contribution in [0.2, 0.25) is 0 Å². The number of hydrogen-bond donors (Lipinski definition) is 2. The molecule has 0 aliphatic heterocycles. The molecule has 6 nitrogen and oxygen atoms in total. The van der Waals surface area contributed by atoms with Crippen LogP contribution >= 0.6 is 22.7 Å². The fraction of sp³-hybridized carbons (Fsp3) is 0.0909. The highest BCUT2D eigenvalue weighted by atomic mass is 32.2. The Balaban J connectivity index is 1.49. The van der Waals surface area contributed by atoms with Crippen LogP contribution in [0.15, 0.2) is 70.9 Å². The molecule has 10 heteroatoms. The molecule has 0 fully saturated rings. The van der Waals surface area contributed by atoms with Gasteiger partial charge in [0.2, 0.25) is 10.0 Å². The molecule has 2 aromatic heterocycles. The number of carbonyl (C=O) groups is 1. The van der Waals surface area contributed by atoms with Crippen LogP contribution < -0.4 is 10.0 Å². The van der Waals surface area contributed by atoms with Crippen molar-refractivity contribution in [3.05, 3.63) is 87.2 Å². The lowest BCUT2D eigenvalue weighted by Crippen LogP contribution is -2.23. The van der Waals surface area contributed by atoms with E-state index < -0.39 is 15.9 Å². The third-order valence-corrected chi connectivity index (χ3v) is 7.72. The van der Waals surface area contributed by atoms with Gasteiger partial charge < -0.3 is 0 Å². The van der Waals surface area contributed by atoms with Crippen molar-refractivity contribution in [1.29, 1.82) is 0 Å². The van der Waals surface area contributed by atoms with Crippen LogP contribution in [0.5, 0.6) is 0 Å². The van der Waals surface area contributed by atoms with Crippen LogP contribution in [0.4, 0.5) is 9.52 Å². The third kappa shape index (κ3) is 5.10. The van der Waals surface area contributed by atoms with E-state index in [9.17, 15) is 17.6 Å². The molecular weight excluding hydrogens is 469 g/mol. The monoisotopic (exact) mass is 487 g/mol. The molecule has 0 saturated carbocycles. The van der Waals surface area contributed by atoms with Gasteiger partial charge in [-0.05, 0) is 60.8 Å². The lowest BCUT2D eigenvalue weighted by Gasteiger charge is -2.08. The van der Waals surface area contributed by atoms with Crippen LogP contribution in [-0.4, -0.2) is 19.3 Å². The van der Waals surface area contributed by atoms with E-state index in [4.69, 9.17) is 0 Å². The number of nitrogens with zero attached hydrogens (tertiary/aromatic N) is 1. The van der Waals surface area contributed by atoms with Crippen LogP contribution in [0.1, 0.15) is 20.1 Å². The maximum absolute atomic E-state index is 13.2. The van der Waals surface area contributed by atoms with Gasteiger partial charge >= 0.3 is 0 Å². The molecule has 0 unspecified atom stereocenters. The minimum atomic E-state index is -3.77. The number of aryl methyl sites for hydroxylation is 1. The zero-order chi connectivity index (χ0) is 22.7. The average Bonchev–Trinajstić information content (AvgIpc) is 3.43. The largest absolute Gasteiger partial charge is 0.298 e. The zero-order valence-corrected chi connectivity index (χ0v) is 19.3. The van der Waals surface area contributed by atoms with E-state index in [1.807, 2.05) is 24.4 Å². The van der Waals surface area contributed by atoms with Crippen molar-refractivity contribution in [2.75, 3.05) is 5.32 Å². The highest BCUT2D eigenvalue weighted by Crippen LogP contribution is 2.30. The normalized spacial score (nSPS) is 11.4. The van der Waals surface area contributed by atoms with Crippen LogP contribution in [0.3, 0.4) is 0 Å². The number of thiophene rings is 1. The molecule has 2 heterocycles. The summed E-state index contributed by atoms with van der Waals surface area (Å²) < 4.78 is 41.0. The summed E-state index contributed by atoms with van der Waals surface area (Å²) in [5, 5.41) is 4.96. The first-order chi connectivity index (χ1) is 15.3. The molecular formula is C22H18FN3O3S3. The van der Waals surface area contributed by atoms with E-state index in [0.29, 0.717) is 10.8 Å². The van der Waals surface area contributed by atoms with Gasteiger partial charge in [0.1, 0.15) is 5.82 Å². The molecule has 2 aromatic carbocycles. The Morgan fingerprint density at radius 1 is 1.09 bits per heavy atom. The lowest BCUT2D eigenvalue weighted by molar-refractivity contribution is 0.102. The van der Waals surface area contributed by atoms with E-state index in [0.717, 1.165) is 15.3 Å². The number of sulfonamides is 1. The number of thiazole rings is 1. The van der Waals surface area contributed by atoms with Crippen molar-refractivity contribution in [1.82, 2.24) is 9.71 Å². The van der Waals surface area contributed by atoms with Crippen molar-refractivity contribution < 1.29 is 17.6 Å². The van der Waals surface area contributed by atoms with Gasteiger partial charge in [-0.1, -0.05) is 12.1 Å². The standard InChI is InChI=1S/C22H18FN3O3S3/c1-14-20(15-7-9-17(23)10-8-15)25-22(31-14)26-21(27)16-4-2-6-19(12-16)32(28,29)24-13-18-5-3-11-30-18/h2-12,24H,13H2,1H3,(H,25,26,27). The minimum Gasteiger partial charge on any atom is -0.298 e. The summed E-state index contributed by atoms with van der Waals surface area (Å²) in [6, 6.07) is 15.5. The maximum Gasteiger partial charge on any atom is 0.257 e. The Bertz CT molecular complexity index is 1350. The van der Waals surface area contributed by atoms with Gasteiger partial charge in [-0.3, -0.25) is 10.1 Å². The number of anilines is 1. The lowest BCUT2D eigenvalue weighted by atomic mass is 10.1. The number of halogens is 1. The van der Waals surface area contributed by atoms with E-state index in [1.165, 1.54) is 59.1 Å². The fourth-order valence-electron chi connectivity index (χ4n) is 2.96. The van der Waals surface area contributed by atoms with E-state index >= 15 is 0 Å². The van der Waals surface area contributed by atoms with Gasteiger partial charge in [-0.25, -0.2) is 22.5 Å². The molecule has 0 atom stereocenters. The van der Waals surface area contributed by atoms with Crippen LogP contribution in [0.25, 0.3) is 11.3 Å². The summed E-state index contributed by atoms with van der Waals surface area (Å²) in [6.45, 7) is 2.04. The summed E-state index contributed by atoms with van der Waals surface area (Å²) in [5.74, 6) is -0.811. The molecule has 0 spiro atoms. The predicted molar refractivity (Wildman–Crippen MR) is 125 cm³/mol. The summed E-state index contributed by atoms with van der Waals surface area (Å²) in [7, 11) is -3.77. The zero-order valence-electron chi connectivity index (χ0n) is 16.8. The molecule has 0 bridgehead atoms. The van der Waals surface area contributed by atoms with Gasteiger partial charge in [0.05, 0.1) is 10.6 Å². The number of carbonyl (C=O) groups excluding carboxylic acids is 1. The maximum atomic E-state index is 13.2. The van der Waals surface area contributed by atoms with Crippen LogP contribution in [0, 0.1) is 12.7 Å². The molecule has 4 rings (SSSR count). The van der Waals surface area contributed by atoms with Crippen molar-refractivity contribution in [3.8, 4) is 11.3 Å². The van der Waals surface area contributed by atoms with Gasteiger partial charge in [0.15, 0.2) is 5.13 Å². The molecule has 164 valence electrons. The highest BCUT2D eigenvalue weighted by Gasteiger charge is 2.18. The first kappa shape index (κ1) is 22.3. The van der Waals surface area contributed by atoms with Gasteiger partial charge in [-0.15, -0.1) is 22.7 Å². The molecule has 0 saturated heterocycles. The Morgan fingerprint density at radius 2 is 1.88 bits per heavy atom. The first-order valence-corrected chi connectivity index (χ1v) is 12.7. The minimum absolute atomic E-state index is 0.00373. The second kappa shape index (κ2) is 9.29. The third-order valence-electron chi connectivity index (χ3n) is 4.56. The molecule has 0 aliphatic carbocycles. The van der Waals surface area contributed by atoms with E-state index in [2.05, 4.69) is 15.0 Å². The summed E-state index contributed by atoms with van der Waals surface area (Å²) in [5.41, 5.74) is 1.59. The molecule has 1 amide bonds. The summed E-state index contributed by atoms with van der Waals surface area (Å²) in [6.07, 6.45) is 0. The second-order valence-electron chi connectivity index (χ2n) is 6.82. The Kier molecular flexibility index (Phi) is 6.47. The fourth-order valence-corrected chi connectivity index (χ4v) is 5.58. The number of hydrogen-bond acceptors (Lipinski definition) is 6. The van der Waals surface area contributed by atoms with Gasteiger partial charge in [0, 0.05) is 27.4 Å². The van der Waals surface area contributed by atoms with Crippen molar-refractivity contribution in [2.45, 2.75) is 18.4 Å². The first-order valence-electron chi connectivity index (χ1n) is 9.49. The van der Waals surface area contributed by atoms with E-state index in [-0.39, 0.29) is 22.8 Å². The number of amides is 1. The molecule has 32 heavy (non-hydrogen) atoms. The molecule has 0 aliphatic rings. The SMILES string of the molecule is Cc1sc(NC(=O)c2cccc(S(=O)(=O)NCc3cccs3)c2)nc1-c1ccc(F)cc1. The van der Waals surface area contributed by atoms with Crippen molar-refractivity contribution in [2.24, 2.45) is 0 Å². The topological polar surface area (TPSA) is 88.2 Å². The number of aromatic nitrogens is 1. The summed E-state index contributed by atoms with van der Waals surface area (Å²) >= 11 is 2.74. The van der Waals surface area contributed by atoms with Gasteiger partial charge in [0.25, 0.3) is 5.91 Å². The quantitative estimate of drug-likeness (QED) is 0.382. The summed E-state index contributed by atoms with van der Waals surface area (Å²) in [4.78, 5) is 18.9. The molecule has 0 radical (unpaired) electrons. The Morgan fingerprint density at radius 3 is 2.59 bits per heavy atom. The molecule has 4 aromatic rings. The van der Waals surface area contributed by atoms with Crippen molar-refractivity contribution >= 4 is 43.7 Å². The van der Waals surface area contributed by atoms with Crippen molar-refractivity contribution in [3.63, 3.8) is 0 Å². The van der Waals surface area contributed by atoms with Crippen LogP contribution in [-0.2, 0) is 16.6 Å². The average molecular weight is 488 g/mol. The predicted octanol–water partition coefficient (Wildman–Crippen LogP) is 5.05. The number of rotatable bonds is 7. The number of benzene rings is 2. The second-order valence-corrected chi connectivity index (χ2v) is 10.8. The highest BCUT2D eigenvalue weighted by molar-refractivity contribution is 7.89. The Labute approximate surface area is 192 Å². The van der Waals surface area contributed by atoms with Gasteiger partial charge in [-0.2, -0.15) is 0 Å². The van der Waals surface area contributed by atoms with E-state index in [1.54, 1.807) is 12.1 Å². The smallest absolute Gasteiger partial charge is 0.257 e. The Hall–Kier alpha value is -2.92. The molecule has 2 N–H and O–H groups in total. The number of nitrogens with one attached hydrogen (secondary N) is 2.